The van der Waals surface area contributed by atoms with Crippen LogP contribution in [-0.4, -0.2) is 61.4 Å². The first-order valence-electron chi connectivity index (χ1n) is 9.57. The molecule has 1 fully saturated rings. The van der Waals surface area contributed by atoms with Gasteiger partial charge in [-0.15, -0.1) is 0 Å². The number of anilines is 1. The first-order chi connectivity index (χ1) is 12.6. The van der Waals surface area contributed by atoms with E-state index in [0.717, 1.165) is 25.9 Å². The standard InChI is InChI=1S/C20H31N3O3/c1-3-22(16-20(25)23-13-9-5-4-6-10-14-23)15-19(24)21-17-11-7-8-12-18(17)26-2/h7-8,11-12H,3-6,9-10,13-16H2,1-2H3,(H,21,24). The Balaban J connectivity index is 1.87. The Morgan fingerprint density at radius 1 is 1.08 bits per heavy atom. The summed E-state index contributed by atoms with van der Waals surface area (Å²) in [5, 5.41) is 2.87. The van der Waals surface area contributed by atoms with Gasteiger partial charge in [-0.3, -0.25) is 14.5 Å². The zero-order valence-electron chi connectivity index (χ0n) is 16.0. The minimum absolute atomic E-state index is 0.124. The summed E-state index contributed by atoms with van der Waals surface area (Å²) in [7, 11) is 1.57. The van der Waals surface area contributed by atoms with Crippen LogP contribution in [0.1, 0.15) is 39.0 Å². The van der Waals surface area contributed by atoms with Crippen molar-refractivity contribution in [3.05, 3.63) is 24.3 Å². The molecule has 0 aliphatic carbocycles. The first kappa shape index (κ1) is 20.2. The highest BCUT2D eigenvalue weighted by molar-refractivity contribution is 5.94. The van der Waals surface area contributed by atoms with Crippen LogP contribution in [0.15, 0.2) is 24.3 Å². The number of carbonyl (C=O) groups excluding carboxylic acids is 2. The van der Waals surface area contributed by atoms with Crippen LogP contribution in [0.5, 0.6) is 5.75 Å². The van der Waals surface area contributed by atoms with E-state index in [0.29, 0.717) is 18.0 Å². The molecule has 6 heteroatoms. The monoisotopic (exact) mass is 361 g/mol. The Labute approximate surface area is 156 Å². The molecule has 26 heavy (non-hydrogen) atoms. The van der Waals surface area contributed by atoms with Crippen molar-refractivity contribution in [1.29, 1.82) is 0 Å². The molecular formula is C20H31N3O3. The van der Waals surface area contributed by atoms with E-state index in [1.54, 1.807) is 19.2 Å². The van der Waals surface area contributed by atoms with Gasteiger partial charge in [0.15, 0.2) is 0 Å². The summed E-state index contributed by atoms with van der Waals surface area (Å²) in [5.41, 5.74) is 0.645. The third kappa shape index (κ3) is 6.33. The van der Waals surface area contributed by atoms with Gasteiger partial charge in [0.05, 0.1) is 25.9 Å². The van der Waals surface area contributed by atoms with Crippen LogP contribution in [0.4, 0.5) is 5.69 Å². The lowest BCUT2D eigenvalue weighted by molar-refractivity contribution is -0.133. The van der Waals surface area contributed by atoms with Gasteiger partial charge in [0.25, 0.3) is 0 Å². The summed E-state index contributed by atoms with van der Waals surface area (Å²) >= 11 is 0. The van der Waals surface area contributed by atoms with Crippen molar-refractivity contribution >= 4 is 17.5 Å². The number of hydrogen-bond acceptors (Lipinski definition) is 4. The number of nitrogens with zero attached hydrogens (tertiary/aromatic N) is 2. The molecule has 0 atom stereocenters. The smallest absolute Gasteiger partial charge is 0.238 e. The van der Waals surface area contributed by atoms with E-state index in [1.165, 1.54) is 19.3 Å². The van der Waals surface area contributed by atoms with E-state index in [4.69, 9.17) is 4.74 Å². The van der Waals surface area contributed by atoms with Gasteiger partial charge >= 0.3 is 0 Å². The molecule has 0 bridgehead atoms. The van der Waals surface area contributed by atoms with Gasteiger partial charge in [0.1, 0.15) is 5.75 Å². The summed E-state index contributed by atoms with van der Waals surface area (Å²) in [6.07, 6.45) is 5.82. The second-order valence-electron chi connectivity index (χ2n) is 6.70. The fourth-order valence-electron chi connectivity index (χ4n) is 3.21. The number of rotatable bonds is 7. The Hall–Kier alpha value is -2.08. The van der Waals surface area contributed by atoms with Gasteiger partial charge in [-0.05, 0) is 31.5 Å². The van der Waals surface area contributed by atoms with Crippen molar-refractivity contribution in [1.82, 2.24) is 9.80 Å². The number of nitrogens with one attached hydrogen (secondary N) is 1. The third-order valence-electron chi connectivity index (χ3n) is 4.76. The van der Waals surface area contributed by atoms with Crippen LogP contribution in [0, 0.1) is 0 Å². The summed E-state index contributed by atoms with van der Waals surface area (Å²) in [4.78, 5) is 28.8. The number of para-hydroxylation sites is 2. The predicted molar refractivity (Wildman–Crippen MR) is 103 cm³/mol. The van der Waals surface area contributed by atoms with Crippen molar-refractivity contribution in [2.45, 2.75) is 39.0 Å². The summed E-state index contributed by atoms with van der Waals surface area (Å²) in [5.74, 6) is 0.608. The largest absolute Gasteiger partial charge is 0.495 e. The molecule has 0 saturated carbocycles. The highest BCUT2D eigenvalue weighted by Gasteiger charge is 2.19. The van der Waals surface area contributed by atoms with Gasteiger partial charge in [-0.25, -0.2) is 0 Å². The quantitative estimate of drug-likeness (QED) is 0.811. The molecule has 1 heterocycles. The normalized spacial score (nSPS) is 15.3. The molecule has 0 radical (unpaired) electrons. The number of benzene rings is 1. The molecule has 0 aromatic heterocycles. The van der Waals surface area contributed by atoms with Gasteiger partial charge in [0.2, 0.25) is 11.8 Å². The van der Waals surface area contributed by atoms with Gasteiger partial charge in [-0.1, -0.05) is 38.3 Å². The summed E-state index contributed by atoms with van der Waals surface area (Å²) in [6.45, 7) is 4.77. The second-order valence-corrected chi connectivity index (χ2v) is 6.70. The minimum Gasteiger partial charge on any atom is -0.495 e. The molecule has 1 saturated heterocycles. The van der Waals surface area contributed by atoms with Crippen LogP contribution in [0.3, 0.4) is 0 Å². The van der Waals surface area contributed by atoms with E-state index < -0.39 is 0 Å². The molecule has 1 aliphatic heterocycles. The average Bonchev–Trinajstić information content (AvgIpc) is 2.61. The highest BCUT2D eigenvalue weighted by Crippen LogP contribution is 2.22. The maximum Gasteiger partial charge on any atom is 0.238 e. The van der Waals surface area contributed by atoms with Crippen molar-refractivity contribution in [2.75, 3.05) is 45.2 Å². The lowest BCUT2D eigenvalue weighted by atomic mass is 10.1. The fraction of sp³-hybridized carbons (Fsp3) is 0.600. The number of hydrogen-bond donors (Lipinski definition) is 1. The molecular weight excluding hydrogens is 330 g/mol. The van der Waals surface area contributed by atoms with Crippen LogP contribution >= 0.6 is 0 Å². The maximum atomic E-state index is 12.6. The van der Waals surface area contributed by atoms with E-state index in [9.17, 15) is 9.59 Å². The molecule has 144 valence electrons. The van der Waals surface area contributed by atoms with Gasteiger partial charge in [0, 0.05) is 13.1 Å². The first-order valence-corrected chi connectivity index (χ1v) is 9.57. The number of methoxy groups -OCH3 is 1. The summed E-state index contributed by atoms with van der Waals surface area (Å²) < 4.78 is 5.25. The van der Waals surface area contributed by atoms with Crippen LogP contribution < -0.4 is 10.1 Å². The molecule has 0 spiro atoms. The number of amides is 2. The van der Waals surface area contributed by atoms with Crippen molar-refractivity contribution < 1.29 is 14.3 Å². The van der Waals surface area contributed by atoms with Crippen LogP contribution in [0.2, 0.25) is 0 Å². The average molecular weight is 361 g/mol. The number of likely N-dealkylation sites (tertiary alicyclic amines) is 1. The van der Waals surface area contributed by atoms with E-state index in [-0.39, 0.29) is 24.9 Å². The topological polar surface area (TPSA) is 61.9 Å². The Kier molecular flexibility index (Phi) is 8.41. The fourth-order valence-corrected chi connectivity index (χ4v) is 3.21. The maximum absolute atomic E-state index is 12.6. The Bertz CT molecular complexity index is 583. The van der Waals surface area contributed by atoms with Crippen LogP contribution in [0.25, 0.3) is 0 Å². The number of carbonyl (C=O) groups is 2. The number of likely N-dealkylation sites (N-methyl/N-ethyl adjacent to an activating group) is 1. The minimum atomic E-state index is -0.142. The lowest BCUT2D eigenvalue weighted by Crippen LogP contribution is -2.44. The van der Waals surface area contributed by atoms with Crippen molar-refractivity contribution in [3.8, 4) is 5.75 Å². The van der Waals surface area contributed by atoms with Gasteiger partial charge < -0.3 is 15.0 Å². The molecule has 6 nitrogen and oxygen atoms in total. The van der Waals surface area contributed by atoms with E-state index in [1.807, 2.05) is 28.9 Å². The molecule has 1 aromatic rings. The number of ether oxygens (including phenoxy) is 1. The predicted octanol–water partition coefficient (Wildman–Crippen LogP) is 2.75. The molecule has 1 N–H and O–H groups in total. The SMILES string of the molecule is CCN(CC(=O)Nc1ccccc1OC)CC(=O)N1CCCCCCC1. The zero-order chi connectivity index (χ0) is 18.8. The molecule has 1 aromatic carbocycles. The van der Waals surface area contributed by atoms with Crippen molar-refractivity contribution in [3.63, 3.8) is 0 Å². The van der Waals surface area contributed by atoms with E-state index in [2.05, 4.69) is 5.32 Å². The lowest BCUT2D eigenvalue weighted by Gasteiger charge is -2.28. The Morgan fingerprint density at radius 2 is 1.73 bits per heavy atom. The second kappa shape index (κ2) is 10.8. The molecule has 2 rings (SSSR count). The van der Waals surface area contributed by atoms with Crippen LogP contribution in [-0.2, 0) is 9.59 Å². The highest BCUT2D eigenvalue weighted by atomic mass is 16.5. The Morgan fingerprint density at radius 3 is 2.38 bits per heavy atom. The molecule has 0 unspecified atom stereocenters. The van der Waals surface area contributed by atoms with Gasteiger partial charge in [-0.2, -0.15) is 0 Å². The summed E-state index contributed by atoms with van der Waals surface area (Å²) in [6, 6.07) is 7.31. The zero-order valence-corrected chi connectivity index (χ0v) is 16.0. The molecule has 1 aliphatic rings. The van der Waals surface area contributed by atoms with Crippen molar-refractivity contribution in [2.24, 2.45) is 0 Å². The third-order valence-corrected chi connectivity index (χ3v) is 4.76. The van der Waals surface area contributed by atoms with E-state index >= 15 is 0 Å². The molecule has 2 amide bonds.